The smallest absolute Gasteiger partial charge is 0.220 e. The minimum Gasteiger partial charge on any atom is -0.383 e. The molecule has 120 valence electrons. The summed E-state index contributed by atoms with van der Waals surface area (Å²) < 4.78 is 5.18. The number of nitrogens with two attached hydrogens (primary N) is 1. The molecule has 4 aliphatic rings. The molecule has 0 heterocycles. The van der Waals surface area contributed by atoms with Crippen molar-refractivity contribution in [2.75, 3.05) is 20.3 Å². The van der Waals surface area contributed by atoms with Gasteiger partial charge in [0.25, 0.3) is 0 Å². The average Bonchev–Trinajstić information content (AvgIpc) is 2.36. The zero-order valence-corrected chi connectivity index (χ0v) is 13.3. The zero-order chi connectivity index (χ0) is 14.9. The summed E-state index contributed by atoms with van der Waals surface area (Å²) in [7, 11) is 1.68. The second-order valence-corrected chi connectivity index (χ2v) is 7.89. The van der Waals surface area contributed by atoms with Gasteiger partial charge in [-0.2, -0.15) is 0 Å². The second-order valence-electron chi connectivity index (χ2n) is 7.89. The normalized spacial score (nSPS) is 38.5. The summed E-state index contributed by atoms with van der Waals surface area (Å²) in [6, 6.07) is 0.0708. The van der Waals surface area contributed by atoms with Gasteiger partial charge in [0.1, 0.15) is 0 Å². The van der Waals surface area contributed by atoms with E-state index in [4.69, 9.17) is 10.5 Å². The molecule has 0 aromatic heterocycles. The lowest BCUT2D eigenvalue weighted by molar-refractivity contribution is -0.130. The Morgan fingerprint density at radius 2 is 1.81 bits per heavy atom. The van der Waals surface area contributed by atoms with Crippen molar-refractivity contribution in [3.8, 4) is 0 Å². The van der Waals surface area contributed by atoms with Gasteiger partial charge in [-0.05, 0) is 74.7 Å². The predicted molar refractivity (Wildman–Crippen MR) is 82.7 cm³/mol. The van der Waals surface area contributed by atoms with Crippen molar-refractivity contribution >= 4 is 5.91 Å². The Hall–Kier alpha value is -0.610. The van der Waals surface area contributed by atoms with Gasteiger partial charge in [0, 0.05) is 13.5 Å². The number of ether oxygens (including phenoxy) is 1. The van der Waals surface area contributed by atoms with Gasteiger partial charge >= 0.3 is 0 Å². The summed E-state index contributed by atoms with van der Waals surface area (Å²) in [5.41, 5.74) is 5.93. The third-order valence-electron chi connectivity index (χ3n) is 5.95. The molecule has 3 N–H and O–H groups in total. The van der Waals surface area contributed by atoms with Crippen LogP contribution < -0.4 is 11.1 Å². The van der Waals surface area contributed by atoms with Crippen molar-refractivity contribution in [3.05, 3.63) is 0 Å². The van der Waals surface area contributed by atoms with E-state index in [0.29, 0.717) is 18.6 Å². The number of carbonyl (C=O) groups is 1. The van der Waals surface area contributed by atoms with Crippen molar-refractivity contribution in [3.63, 3.8) is 0 Å². The first kappa shape index (κ1) is 15.3. The molecular weight excluding hydrogens is 264 g/mol. The van der Waals surface area contributed by atoms with Gasteiger partial charge in [-0.1, -0.05) is 0 Å². The number of hydrogen-bond acceptors (Lipinski definition) is 3. The quantitative estimate of drug-likeness (QED) is 0.755. The minimum atomic E-state index is 0.0708. The number of rotatable bonds is 7. The maximum absolute atomic E-state index is 12.5. The van der Waals surface area contributed by atoms with E-state index in [-0.39, 0.29) is 11.9 Å². The van der Waals surface area contributed by atoms with Crippen molar-refractivity contribution in [1.29, 1.82) is 0 Å². The molecule has 0 spiro atoms. The Labute approximate surface area is 128 Å². The fraction of sp³-hybridized carbons (Fsp3) is 0.941. The van der Waals surface area contributed by atoms with Crippen molar-refractivity contribution < 1.29 is 9.53 Å². The number of carbonyl (C=O) groups excluding carboxylic acids is 1. The summed E-state index contributed by atoms with van der Waals surface area (Å²) in [5.74, 6) is 2.93. The van der Waals surface area contributed by atoms with Crippen LogP contribution in [0.3, 0.4) is 0 Å². The van der Waals surface area contributed by atoms with Gasteiger partial charge in [-0.15, -0.1) is 0 Å². The van der Waals surface area contributed by atoms with E-state index in [1.807, 2.05) is 0 Å². The lowest BCUT2D eigenvalue weighted by atomic mass is 9.49. The molecule has 0 radical (unpaired) electrons. The van der Waals surface area contributed by atoms with Crippen LogP contribution in [-0.2, 0) is 9.53 Å². The molecule has 0 aromatic carbocycles. The summed E-state index contributed by atoms with van der Waals surface area (Å²) in [6.45, 7) is 1.15. The molecule has 1 atom stereocenters. The Morgan fingerprint density at radius 1 is 1.24 bits per heavy atom. The van der Waals surface area contributed by atoms with E-state index in [0.717, 1.165) is 30.6 Å². The highest BCUT2D eigenvalue weighted by molar-refractivity contribution is 5.77. The van der Waals surface area contributed by atoms with Crippen molar-refractivity contribution in [2.45, 2.75) is 57.4 Å². The van der Waals surface area contributed by atoms with Gasteiger partial charge in [-0.25, -0.2) is 0 Å². The van der Waals surface area contributed by atoms with E-state index >= 15 is 0 Å². The van der Waals surface area contributed by atoms with Crippen LogP contribution in [0.4, 0.5) is 0 Å². The van der Waals surface area contributed by atoms with Gasteiger partial charge in [-0.3, -0.25) is 4.79 Å². The molecule has 4 rings (SSSR count). The van der Waals surface area contributed by atoms with Crippen LogP contribution in [0.15, 0.2) is 0 Å². The van der Waals surface area contributed by atoms with Crippen LogP contribution in [0.2, 0.25) is 0 Å². The SMILES string of the molecule is COCC(CCN)NC(=O)CC12CC3CC(CC(C3)C1)C2. The van der Waals surface area contributed by atoms with Crippen molar-refractivity contribution in [1.82, 2.24) is 5.32 Å². The van der Waals surface area contributed by atoms with E-state index in [2.05, 4.69) is 5.32 Å². The topological polar surface area (TPSA) is 64.3 Å². The predicted octanol–water partition coefficient (Wildman–Crippen LogP) is 2.07. The molecule has 4 bridgehead atoms. The van der Waals surface area contributed by atoms with E-state index in [1.165, 1.54) is 38.5 Å². The van der Waals surface area contributed by atoms with E-state index in [1.54, 1.807) is 7.11 Å². The number of amides is 1. The molecule has 0 saturated heterocycles. The summed E-state index contributed by atoms with van der Waals surface area (Å²) >= 11 is 0. The molecule has 0 aromatic rings. The number of hydrogen-bond donors (Lipinski definition) is 2. The first-order valence-corrected chi connectivity index (χ1v) is 8.61. The minimum absolute atomic E-state index is 0.0708. The van der Waals surface area contributed by atoms with Gasteiger partial charge in [0.2, 0.25) is 5.91 Å². The van der Waals surface area contributed by atoms with E-state index < -0.39 is 0 Å². The first-order chi connectivity index (χ1) is 10.1. The third kappa shape index (κ3) is 3.42. The molecule has 1 amide bonds. The monoisotopic (exact) mass is 294 g/mol. The molecule has 4 aliphatic carbocycles. The molecule has 21 heavy (non-hydrogen) atoms. The molecule has 4 heteroatoms. The molecule has 4 fully saturated rings. The van der Waals surface area contributed by atoms with Crippen LogP contribution in [0, 0.1) is 23.2 Å². The fourth-order valence-electron chi connectivity index (χ4n) is 5.73. The first-order valence-electron chi connectivity index (χ1n) is 8.61. The van der Waals surface area contributed by atoms with Gasteiger partial charge < -0.3 is 15.8 Å². The molecule has 4 nitrogen and oxygen atoms in total. The standard InChI is InChI=1S/C17H30N2O2/c1-21-11-15(2-3-18)19-16(20)10-17-7-12-4-13(8-17)6-14(5-12)9-17/h12-15H,2-11,18H2,1H3,(H,19,20). The van der Waals surface area contributed by atoms with Gasteiger partial charge in [0.05, 0.1) is 12.6 Å². The zero-order valence-electron chi connectivity index (χ0n) is 13.3. The van der Waals surface area contributed by atoms with Crippen molar-refractivity contribution in [2.24, 2.45) is 28.9 Å². The number of nitrogens with one attached hydrogen (secondary N) is 1. The van der Waals surface area contributed by atoms with E-state index in [9.17, 15) is 4.79 Å². The summed E-state index contributed by atoms with van der Waals surface area (Å²) in [5, 5.41) is 3.15. The Kier molecular flexibility index (Phi) is 4.55. The summed E-state index contributed by atoms with van der Waals surface area (Å²) in [6.07, 6.45) is 9.68. The van der Waals surface area contributed by atoms with Crippen LogP contribution in [-0.4, -0.2) is 32.2 Å². The van der Waals surface area contributed by atoms with Crippen LogP contribution in [0.1, 0.15) is 51.4 Å². The lowest BCUT2D eigenvalue weighted by Crippen LogP contribution is -2.49. The molecule has 1 unspecified atom stereocenters. The Bertz CT molecular complexity index is 342. The molecular formula is C17H30N2O2. The highest BCUT2D eigenvalue weighted by Gasteiger charge is 2.51. The maximum atomic E-state index is 12.5. The lowest BCUT2D eigenvalue weighted by Gasteiger charge is -2.56. The largest absolute Gasteiger partial charge is 0.383 e. The maximum Gasteiger partial charge on any atom is 0.220 e. The second kappa shape index (κ2) is 6.25. The van der Waals surface area contributed by atoms with Crippen LogP contribution in [0.25, 0.3) is 0 Å². The number of methoxy groups -OCH3 is 1. The summed E-state index contributed by atoms with van der Waals surface area (Å²) in [4.78, 5) is 12.5. The Morgan fingerprint density at radius 3 is 2.29 bits per heavy atom. The van der Waals surface area contributed by atoms with Crippen LogP contribution >= 0.6 is 0 Å². The fourth-order valence-corrected chi connectivity index (χ4v) is 5.73. The average molecular weight is 294 g/mol. The third-order valence-corrected chi connectivity index (χ3v) is 5.95. The highest BCUT2D eigenvalue weighted by atomic mass is 16.5. The van der Waals surface area contributed by atoms with Gasteiger partial charge in [0.15, 0.2) is 0 Å². The molecule has 0 aliphatic heterocycles. The van der Waals surface area contributed by atoms with Crippen LogP contribution in [0.5, 0.6) is 0 Å². The highest BCUT2D eigenvalue weighted by Crippen LogP contribution is 2.61. The Balaban J connectivity index is 1.57. The molecule has 4 saturated carbocycles.